The molecule has 0 radical (unpaired) electrons. The van der Waals surface area contributed by atoms with Gasteiger partial charge >= 0.3 is 0 Å². The molecule has 462 valence electrons. The zero-order chi connectivity index (χ0) is 65.1. The lowest BCUT2D eigenvalue weighted by atomic mass is 10.0. The second-order valence-electron chi connectivity index (χ2n) is 25.4. The maximum absolute atomic E-state index is 2.41. The van der Waals surface area contributed by atoms with E-state index in [-0.39, 0.29) is 0 Å². The minimum absolute atomic E-state index is 1.07. The van der Waals surface area contributed by atoms with Crippen LogP contribution in [0.2, 0.25) is 0 Å². The van der Waals surface area contributed by atoms with Crippen molar-refractivity contribution in [2.24, 2.45) is 0 Å². The van der Waals surface area contributed by atoms with Gasteiger partial charge in [0.25, 0.3) is 0 Å². The highest BCUT2D eigenvalue weighted by Gasteiger charge is 2.25. The molecule has 4 aromatic heterocycles. The van der Waals surface area contributed by atoms with Crippen molar-refractivity contribution in [3.05, 3.63) is 334 Å². The quantitative estimate of drug-likeness (QED) is 0.102. The lowest BCUT2D eigenvalue weighted by Crippen LogP contribution is -2.10. The summed E-state index contributed by atoms with van der Waals surface area (Å²) in [5, 5.41) is 0. The van der Waals surface area contributed by atoms with Crippen molar-refractivity contribution in [3.63, 3.8) is 0 Å². The predicted molar refractivity (Wildman–Crippen MR) is 397 cm³/mol. The van der Waals surface area contributed by atoms with Crippen molar-refractivity contribution in [2.75, 3.05) is 9.80 Å². The van der Waals surface area contributed by atoms with Gasteiger partial charge in [-0.05, 0) is 282 Å². The third kappa shape index (κ3) is 10.6. The van der Waals surface area contributed by atoms with Gasteiger partial charge in [-0.15, -0.1) is 0 Å². The first-order valence-electron chi connectivity index (χ1n) is 32.8. The standard InChI is InChI=1S/C88H80N6/c1-57-61(5)85(89(65(57)9)75-25-17-13-18-26-75)71-37-49-81(50-38-71)93(82-51-39-72(40-52-82)86-62(6)58(2)66(10)90(86)76-27-19-14-20-28-76)79-45-33-69(34-46-79)70-35-47-80(48-36-70)94(83-53-41-73(42-54-83)87-63(7)59(3)67(11)91(87)77-29-21-15-22-30-77)84-55-43-74(44-56-84)88-64(8)60(4)68(12)92(88)78-31-23-16-24-32-78/h13-56H,1-12H3. The molecule has 94 heavy (non-hydrogen) atoms. The summed E-state index contributed by atoms with van der Waals surface area (Å²) in [4.78, 5) is 4.78. The van der Waals surface area contributed by atoms with Gasteiger partial charge in [-0.2, -0.15) is 0 Å². The summed E-state index contributed by atoms with van der Waals surface area (Å²) >= 11 is 0. The minimum Gasteiger partial charge on any atom is -0.313 e. The zero-order valence-electron chi connectivity index (χ0n) is 56.1. The van der Waals surface area contributed by atoms with E-state index in [1.165, 1.54) is 112 Å². The molecule has 4 heterocycles. The van der Waals surface area contributed by atoms with Crippen LogP contribution in [0, 0.1) is 83.1 Å². The Labute approximate surface area is 555 Å². The average Bonchev–Trinajstić information content (AvgIpc) is 1.86. The van der Waals surface area contributed by atoms with Crippen LogP contribution in [-0.2, 0) is 0 Å². The number of rotatable bonds is 15. The molecule has 0 amide bonds. The molecule has 0 spiro atoms. The summed E-state index contributed by atoms with van der Waals surface area (Å²) in [5.41, 5.74) is 38.4. The fourth-order valence-corrected chi connectivity index (χ4v) is 14.4. The van der Waals surface area contributed by atoms with Crippen molar-refractivity contribution in [2.45, 2.75) is 83.1 Å². The topological polar surface area (TPSA) is 26.2 Å². The lowest BCUT2D eigenvalue weighted by Gasteiger charge is -2.27. The van der Waals surface area contributed by atoms with E-state index in [4.69, 9.17) is 0 Å². The summed E-state index contributed by atoms with van der Waals surface area (Å²) in [6.07, 6.45) is 0. The highest BCUT2D eigenvalue weighted by atomic mass is 15.1. The Morgan fingerprint density at radius 2 is 0.330 bits per heavy atom. The van der Waals surface area contributed by atoms with Gasteiger partial charge in [0, 0.05) is 79.6 Å². The van der Waals surface area contributed by atoms with Gasteiger partial charge in [0.05, 0.1) is 22.8 Å². The van der Waals surface area contributed by atoms with Crippen molar-refractivity contribution in [1.29, 1.82) is 0 Å². The van der Waals surface area contributed by atoms with Crippen LogP contribution in [0.1, 0.15) is 67.3 Å². The van der Waals surface area contributed by atoms with Crippen LogP contribution < -0.4 is 9.80 Å². The van der Waals surface area contributed by atoms with Gasteiger partial charge in [-0.3, -0.25) is 0 Å². The number of aromatic nitrogens is 4. The molecule has 14 rings (SSSR count). The average molecular weight is 1220 g/mol. The molecular weight excluding hydrogens is 1140 g/mol. The Hall–Kier alpha value is -11.1. The normalized spacial score (nSPS) is 11.4. The molecule has 0 N–H and O–H groups in total. The van der Waals surface area contributed by atoms with Gasteiger partial charge in [0.15, 0.2) is 0 Å². The fourth-order valence-electron chi connectivity index (χ4n) is 14.4. The first-order chi connectivity index (χ1) is 45.7. The van der Waals surface area contributed by atoms with Gasteiger partial charge in [-0.25, -0.2) is 0 Å². The van der Waals surface area contributed by atoms with Crippen LogP contribution in [0.25, 0.3) is 78.9 Å². The highest BCUT2D eigenvalue weighted by Crippen LogP contribution is 2.44. The molecule has 0 saturated carbocycles. The molecule has 0 unspecified atom stereocenters. The number of hydrogen-bond donors (Lipinski definition) is 0. The van der Waals surface area contributed by atoms with Gasteiger partial charge in [0.2, 0.25) is 0 Å². The zero-order valence-corrected chi connectivity index (χ0v) is 56.1. The van der Waals surface area contributed by atoms with Crippen LogP contribution >= 0.6 is 0 Å². The van der Waals surface area contributed by atoms with Crippen molar-refractivity contribution in [1.82, 2.24) is 18.3 Å². The summed E-state index contributed by atoms with van der Waals surface area (Å²) in [6.45, 7) is 26.9. The van der Waals surface area contributed by atoms with Gasteiger partial charge < -0.3 is 28.1 Å². The van der Waals surface area contributed by atoms with E-state index >= 15 is 0 Å². The molecule has 0 aliphatic heterocycles. The van der Waals surface area contributed by atoms with Gasteiger partial charge in [-0.1, -0.05) is 146 Å². The maximum atomic E-state index is 2.41. The Bertz CT molecular complexity index is 4440. The molecular formula is C88H80N6. The fraction of sp³-hybridized carbons (Fsp3) is 0.136. The van der Waals surface area contributed by atoms with Crippen molar-refractivity contribution in [3.8, 4) is 78.9 Å². The van der Waals surface area contributed by atoms with Crippen molar-refractivity contribution < 1.29 is 0 Å². The molecule has 0 aliphatic carbocycles. The van der Waals surface area contributed by atoms with Crippen LogP contribution in [-0.4, -0.2) is 18.3 Å². The molecule has 6 heteroatoms. The molecule has 0 aliphatic rings. The minimum atomic E-state index is 1.07. The second kappa shape index (κ2) is 24.9. The van der Waals surface area contributed by atoms with E-state index in [0.29, 0.717) is 0 Å². The lowest BCUT2D eigenvalue weighted by molar-refractivity contribution is 1.01. The number of anilines is 6. The first kappa shape index (κ1) is 60.5. The van der Waals surface area contributed by atoms with E-state index in [0.717, 1.165) is 68.0 Å². The van der Waals surface area contributed by atoms with E-state index in [1.807, 2.05) is 0 Å². The molecule has 14 aromatic rings. The number of benzene rings is 10. The van der Waals surface area contributed by atoms with Crippen LogP contribution in [0.15, 0.2) is 267 Å². The second-order valence-corrected chi connectivity index (χ2v) is 25.4. The Morgan fingerprint density at radius 1 is 0.170 bits per heavy atom. The monoisotopic (exact) mass is 1220 g/mol. The van der Waals surface area contributed by atoms with E-state index in [2.05, 4.69) is 378 Å². The molecule has 6 nitrogen and oxygen atoms in total. The largest absolute Gasteiger partial charge is 0.313 e. The number of nitrogens with zero attached hydrogens (tertiary/aromatic N) is 6. The highest BCUT2D eigenvalue weighted by molar-refractivity contribution is 5.85. The molecule has 0 atom stereocenters. The Morgan fingerprint density at radius 3 is 0.500 bits per heavy atom. The van der Waals surface area contributed by atoms with Crippen molar-refractivity contribution >= 4 is 34.1 Å². The van der Waals surface area contributed by atoms with E-state index in [1.54, 1.807) is 0 Å². The van der Waals surface area contributed by atoms with Crippen LogP contribution in [0.5, 0.6) is 0 Å². The van der Waals surface area contributed by atoms with E-state index in [9.17, 15) is 0 Å². The molecule has 0 fully saturated rings. The Balaban J connectivity index is 0.830. The smallest absolute Gasteiger partial charge is 0.0563 e. The van der Waals surface area contributed by atoms with Gasteiger partial charge in [0.1, 0.15) is 0 Å². The summed E-state index contributed by atoms with van der Waals surface area (Å²) in [6, 6.07) is 97.7. The Kier molecular flexibility index (Phi) is 16.0. The van der Waals surface area contributed by atoms with Crippen LogP contribution in [0.4, 0.5) is 34.1 Å². The summed E-state index contributed by atoms with van der Waals surface area (Å²) in [7, 11) is 0. The number of para-hydroxylation sites is 4. The predicted octanol–water partition coefficient (Wildman–Crippen LogP) is 23.8. The SMILES string of the molecule is Cc1c(C)c(-c2ccc(N(c3ccc(-c4ccc(N(c5ccc(-c6c(C)c(C)c(C)n6-c6ccccc6)cc5)c5ccc(-c6c(C)c(C)c(C)n6-c6ccccc6)cc5)cc4)cc3)c3ccc(-c4c(C)c(C)c(C)n4-c4ccccc4)cc3)cc2)n(-c2ccccc2)c1C. The molecule has 10 aromatic carbocycles. The molecule has 0 bridgehead atoms. The maximum Gasteiger partial charge on any atom is 0.0563 e. The first-order valence-corrected chi connectivity index (χ1v) is 32.8. The third-order valence-electron chi connectivity index (χ3n) is 20.3. The third-order valence-corrected chi connectivity index (χ3v) is 20.3. The summed E-state index contributed by atoms with van der Waals surface area (Å²) in [5.74, 6) is 0. The molecule has 0 saturated heterocycles. The van der Waals surface area contributed by atoms with Crippen LogP contribution in [0.3, 0.4) is 0 Å². The van der Waals surface area contributed by atoms with E-state index < -0.39 is 0 Å². The number of hydrogen-bond acceptors (Lipinski definition) is 2. The summed E-state index contributed by atoms with van der Waals surface area (Å²) < 4.78 is 9.64.